The lowest BCUT2D eigenvalue weighted by Crippen LogP contribution is -2.16. The Labute approximate surface area is 127 Å². The van der Waals surface area contributed by atoms with E-state index >= 15 is 0 Å². The number of hydrogen-bond acceptors (Lipinski definition) is 2. The van der Waals surface area contributed by atoms with Crippen LogP contribution in [0.4, 0.5) is 5.69 Å². The summed E-state index contributed by atoms with van der Waals surface area (Å²) in [6.07, 6.45) is 0. The summed E-state index contributed by atoms with van der Waals surface area (Å²) in [5.41, 5.74) is 2.02. The summed E-state index contributed by atoms with van der Waals surface area (Å²) in [7, 11) is 0. The van der Waals surface area contributed by atoms with E-state index in [1.807, 2.05) is 0 Å². The summed E-state index contributed by atoms with van der Waals surface area (Å²) in [4.78, 5) is 23.6. The number of amides is 1. The van der Waals surface area contributed by atoms with Crippen LogP contribution in [-0.2, 0) is 0 Å². The lowest BCUT2D eigenvalue weighted by atomic mass is 10.1. The van der Waals surface area contributed by atoms with Crippen LogP contribution in [0, 0.1) is 13.8 Å². The highest BCUT2D eigenvalue weighted by Gasteiger charge is 2.17. The van der Waals surface area contributed by atoms with Crippen LogP contribution in [-0.4, -0.2) is 17.0 Å². The third-order valence-electron chi connectivity index (χ3n) is 3.25. The highest BCUT2D eigenvalue weighted by atomic mass is 35.5. The van der Waals surface area contributed by atoms with Gasteiger partial charge in [0.05, 0.1) is 11.3 Å². The van der Waals surface area contributed by atoms with Crippen LogP contribution in [0.25, 0.3) is 0 Å². The molecule has 0 bridgehead atoms. The number of halogens is 1. The first-order chi connectivity index (χ1) is 9.91. The topological polar surface area (TPSA) is 66.4 Å². The van der Waals surface area contributed by atoms with E-state index in [4.69, 9.17) is 11.6 Å². The van der Waals surface area contributed by atoms with Gasteiger partial charge in [-0.1, -0.05) is 29.8 Å². The number of hydrogen-bond donors (Lipinski definition) is 2. The zero-order valence-corrected chi connectivity index (χ0v) is 12.4. The van der Waals surface area contributed by atoms with Gasteiger partial charge in [0.2, 0.25) is 0 Å². The maximum Gasteiger partial charge on any atom is 0.338 e. The van der Waals surface area contributed by atoms with Gasteiger partial charge in [-0.05, 0) is 43.2 Å². The number of carboxylic acid groups (broad SMARTS) is 1. The van der Waals surface area contributed by atoms with E-state index < -0.39 is 5.97 Å². The molecule has 0 aliphatic heterocycles. The van der Waals surface area contributed by atoms with E-state index in [1.54, 1.807) is 50.2 Å². The fourth-order valence-electron chi connectivity index (χ4n) is 2.10. The SMILES string of the molecule is Cc1cccc(NC(=O)c2cccc(Cl)c2C)c1C(=O)O. The molecular formula is C16H14ClNO3. The van der Waals surface area contributed by atoms with E-state index in [0.717, 1.165) is 0 Å². The summed E-state index contributed by atoms with van der Waals surface area (Å²) in [6, 6.07) is 9.97. The van der Waals surface area contributed by atoms with Crippen molar-refractivity contribution in [3.05, 3.63) is 63.7 Å². The Morgan fingerprint density at radius 3 is 2.43 bits per heavy atom. The Morgan fingerprint density at radius 1 is 1.10 bits per heavy atom. The summed E-state index contributed by atoms with van der Waals surface area (Å²) in [6.45, 7) is 3.43. The van der Waals surface area contributed by atoms with Gasteiger partial charge in [0.25, 0.3) is 5.91 Å². The van der Waals surface area contributed by atoms with Crippen LogP contribution in [0.2, 0.25) is 5.02 Å². The van der Waals surface area contributed by atoms with Crippen molar-refractivity contribution in [1.82, 2.24) is 0 Å². The van der Waals surface area contributed by atoms with Crippen LogP contribution >= 0.6 is 11.6 Å². The fourth-order valence-corrected chi connectivity index (χ4v) is 2.27. The van der Waals surface area contributed by atoms with E-state index in [2.05, 4.69) is 5.32 Å². The number of nitrogens with one attached hydrogen (secondary N) is 1. The molecule has 0 unspecified atom stereocenters. The predicted octanol–water partition coefficient (Wildman–Crippen LogP) is 3.91. The zero-order valence-electron chi connectivity index (χ0n) is 11.6. The van der Waals surface area contributed by atoms with Gasteiger partial charge in [-0.15, -0.1) is 0 Å². The Kier molecular flexibility index (Phi) is 4.29. The van der Waals surface area contributed by atoms with Crippen LogP contribution in [0.3, 0.4) is 0 Å². The number of anilines is 1. The van der Waals surface area contributed by atoms with Crippen LogP contribution < -0.4 is 5.32 Å². The van der Waals surface area contributed by atoms with Crippen LogP contribution in [0.5, 0.6) is 0 Å². The van der Waals surface area contributed by atoms with Gasteiger partial charge >= 0.3 is 5.97 Å². The second-order valence-corrected chi connectivity index (χ2v) is 5.08. The van der Waals surface area contributed by atoms with E-state index in [1.165, 1.54) is 0 Å². The highest BCUT2D eigenvalue weighted by Crippen LogP contribution is 2.23. The molecule has 2 N–H and O–H groups in total. The van der Waals surface area contributed by atoms with E-state index in [0.29, 0.717) is 21.7 Å². The smallest absolute Gasteiger partial charge is 0.338 e. The molecule has 0 aliphatic carbocycles. The molecule has 2 aromatic rings. The van der Waals surface area contributed by atoms with Crippen molar-refractivity contribution < 1.29 is 14.7 Å². The third kappa shape index (κ3) is 3.06. The Morgan fingerprint density at radius 2 is 1.76 bits per heavy atom. The van der Waals surface area contributed by atoms with Crippen molar-refractivity contribution in [2.24, 2.45) is 0 Å². The average molecular weight is 304 g/mol. The van der Waals surface area contributed by atoms with Crippen molar-refractivity contribution in [3.8, 4) is 0 Å². The van der Waals surface area contributed by atoms with Crippen molar-refractivity contribution >= 4 is 29.2 Å². The minimum Gasteiger partial charge on any atom is -0.478 e. The number of benzene rings is 2. The van der Waals surface area contributed by atoms with Gasteiger partial charge in [0.1, 0.15) is 0 Å². The number of carboxylic acids is 1. The molecule has 0 aliphatic rings. The van der Waals surface area contributed by atoms with Crippen molar-refractivity contribution in [3.63, 3.8) is 0 Å². The Balaban J connectivity index is 2.39. The Bertz CT molecular complexity index is 725. The number of aryl methyl sites for hydroxylation is 1. The maximum absolute atomic E-state index is 12.3. The first-order valence-corrected chi connectivity index (χ1v) is 6.69. The van der Waals surface area contributed by atoms with Crippen molar-refractivity contribution in [1.29, 1.82) is 0 Å². The maximum atomic E-state index is 12.3. The zero-order chi connectivity index (χ0) is 15.6. The summed E-state index contributed by atoms with van der Waals surface area (Å²) in [5.74, 6) is -1.46. The molecule has 21 heavy (non-hydrogen) atoms. The van der Waals surface area contributed by atoms with Gasteiger partial charge in [-0.2, -0.15) is 0 Å². The van der Waals surface area contributed by atoms with Crippen molar-refractivity contribution in [2.75, 3.05) is 5.32 Å². The second kappa shape index (κ2) is 5.97. The van der Waals surface area contributed by atoms with Gasteiger partial charge in [-0.25, -0.2) is 4.79 Å². The van der Waals surface area contributed by atoms with Crippen molar-refractivity contribution in [2.45, 2.75) is 13.8 Å². The standard InChI is InChI=1S/C16H14ClNO3/c1-9-5-3-8-13(14(9)16(20)21)18-15(19)11-6-4-7-12(17)10(11)2/h3-8H,1-2H3,(H,18,19)(H,20,21). The number of carbonyl (C=O) groups excluding carboxylic acids is 1. The minimum absolute atomic E-state index is 0.0885. The average Bonchev–Trinajstić information content (AvgIpc) is 2.41. The molecule has 0 spiro atoms. The molecule has 2 rings (SSSR count). The monoisotopic (exact) mass is 303 g/mol. The van der Waals surface area contributed by atoms with Gasteiger partial charge in [-0.3, -0.25) is 4.79 Å². The minimum atomic E-state index is -1.08. The number of carbonyl (C=O) groups is 2. The molecule has 0 heterocycles. The molecule has 0 aromatic heterocycles. The van der Waals surface area contributed by atoms with Crippen LogP contribution in [0.1, 0.15) is 31.8 Å². The molecule has 5 heteroatoms. The lowest BCUT2D eigenvalue weighted by molar-refractivity contribution is 0.0697. The molecule has 0 atom stereocenters. The quantitative estimate of drug-likeness (QED) is 0.903. The summed E-state index contributed by atoms with van der Waals surface area (Å²) >= 11 is 5.99. The number of aromatic carboxylic acids is 1. The molecule has 108 valence electrons. The molecule has 0 saturated heterocycles. The molecule has 0 radical (unpaired) electrons. The molecule has 0 fully saturated rings. The normalized spacial score (nSPS) is 10.2. The van der Waals surface area contributed by atoms with Gasteiger partial charge < -0.3 is 10.4 Å². The third-order valence-corrected chi connectivity index (χ3v) is 3.66. The summed E-state index contributed by atoms with van der Waals surface area (Å²) in [5, 5.41) is 12.4. The molecule has 1 amide bonds. The largest absolute Gasteiger partial charge is 0.478 e. The van der Waals surface area contributed by atoms with E-state index in [9.17, 15) is 14.7 Å². The predicted molar refractivity (Wildman–Crippen MR) is 82.3 cm³/mol. The molecular weight excluding hydrogens is 290 g/mol. The number of rotatable bonds is 3. The molecule has 0 saturated carbocycles. The van der Waals surface area contributed by atoms with Crippen LogP contribution in [0.15, 0.2) is 36.4 Å². The second-order valence-electron chi connectivity index (χ2n) is 4.67. The molecule has 4 nitrogen and oxygen atoms in total. The highest BCUT2D eigenvalue weighted by molar-refractivity contribution is 6.32. The van der Waals surface area contributed by atoms with E-state index in [-0.39, 0.29) is 17.2 Å². The lowest BCUT2D eigenvalue weighted by Gasteiger charge is -2.12. The Hall–Kier alpha value is -2.33. The molecule has 2 aromatic carbocycles. The first kappa shape index (κ1) is 15.1. The van der Waals surface area contributed by atoms with Gasteiger partial charge in [0.15, 0.2) is 0 Å². The first-order valence-electron chi connectivity index (χ1n) is 6.31. The van der Waals surface area contributed by atoms with Gasteiger partial charge in [0, 0.05) is 10.6 Å². The summed E-state index contributed by atoms with van der Waals surface area (Å²) < 4.78 is 0. The fraction of sp³-hybridized carbons (Fsp3) is 0.125.